The molecule has 0 radical (unpaired) electrons. The van der Waals surface area contributed by atoms with Crippen molar-refractivity contribution in [1.29, 1.82) is 0 Å². The number of carbonyl (C=O) groups is 1. The van der Waals surface area contributed by atoms with E-state index in [0.29, 0.717) is 23.7 Å². The lowest BCUT2D eigenvalue weighted by Crippen LogP contribution is -2.31. The Morgan fingerprint density at radius 1 is 1.21 bits per heavy atom. The van der Waals surface area contributed by atoms with E-state index in [1.807, 2.05) is 25.1 Å². The number of nitrogens with one attached hydrogen (secondary N) is 1. The van der Waals surface area contributed by atoms with Crippen LogP contribution in [0.25, 0.3) is 0 Å². The molecule has 2 aromatic rings. The van der Waals surface area contributed by atoms with E-state index in [0.717, 1.165) is 5.56 Å². The number of nitrogens with zero attached hydrogens (tertiary/aromatic N) is 1. The summed E-state index contributed by atoms with van der Waals surface area (Å²) in [6.07, 6.45) is 0. The number of benzene rings is 2. The second-order valence-electron chi connectivity index (χ2n) is 5.50. The Morgan fingerprint density at radius 3 is 2.71 bits per heavy atom. The van der Waals surface area contributed by atoms with Gasteiger partial charge in [0.1, 0.15) is 5.75 Å². The Bertz CT molecular complexity index is 893. The predicted molar refractivity (Wildman–Crippen MR) is 92.0 cm³/mol. The molecule has 0 atom stereocenters. The topological polar surface area (TPSA) is 75.7 Å². The Balaban J connectivity index is 2.03. The van der Waals surface area contributed by atoms with Gasteiger partial charge in [-0.1, -0.05) is 12.1 Å². The molecule has 3 rings (SSSR count). The van der Waals surface area contributed by atoms with Gasteiger partial charge in [-0.05, 0) is 49.7 Å². The molecule has 1 amide bonds. The lowest BCUT2D eigenvalue weighted by molar-refractivity contribution is -0.118. The lowest BCUT2D eigenvalue weighted by Gasteiger charge is -2.24. The van der Waals surface area contributed by atoms with Crippen LogP contribution in [-0.4, -0.2) is 27.5 Å². The first-order valence-corrected chi connectivity index (χ1v) is 9.02. The molecule has 6 nitrogen and oxygen atoms in total. The number of anilines is 2. The molecule has 126 valence electrons. The zero-order valence-electron chi connectivity index (χ0n) is 13.4. The van der Waals surface area contributed by atoms with Gasteiger partial charge in [0, 0.05) is 6.54 Å². The third-order valence-corrected chi connectivity index (χ3v) is 5.65. The van der Waals surface area contributed by atoms with Crippen LogP contribution in [0.2, 0.25) is 0 Å². The summed E-state index contributed by atoms with van der Waals surface area (Å²) in [7, 11) is -3.75. The van der Waals surface area contributed by atoms with Crippen LogP contribution in [0, 0.1) is 6.92 Å². The van der Waals surface area contributed by atoms with Crippen molar-refractivity contribution < 1.29 is 17.9 Å². The fourth-order valence-electron chi connectivity index (χ4n) is 2.62. The van der Waals surface area contributed by atoms with Gasteiger partial charge in [0.2, 0.25) is 0 Å². The van der Waals surface area contributed by atoms with Crippen molar-refractivity contribution in [3.05, 3.63) is 48.0 Å². The third kappa shape index (κ3) is 2.94. The minimum atomic E-state index is -3.75. The zero-order chi connectivity index (χ0) is 17.3. The molecule has 1 heterocycles. The number of aryl methyl sites for hydroxylation is 1. The fraction of sp³-hybridized carbons (Fsp3) is 0.235. The zero-order valence-corrected chi connectivity index (χ0v) is 14.3. The van der Waals surface area contributed by atoms with Gasteiger partial charge in [-0.25, -0.2) is 8.42 Å². The molecule has 0 saturated carbocycles. The smallest absolute Gasteiger partial charge is 0.264 e. The van der Waals surface area contributed by atoms with E-state index in [1.165, 1.54) is 16.4 Å². The molecule has 0 unspecified atom stereocenters. The molecule has 0 saturated heterocycles. The van der Waals surface area contributed by atoms with E-state index in [1.54, 1.807) is 19.1 Å². The first-order chi connectivity index (χ1) is 11.4. The highest BCUT2D eigenvalue weighted by Crippen LogP contribution is 2.32. The summed E-state index contributed by atoms with van der Waals surface area (Å²) in [6.45, 7) is 3.92. The highest BCUT2D eigenvalue weighted by molar-refractivity contribution is 7.92. The molecule has 1 N–H and O–H groups in total. The monoisotopic (exact) mass is 346 g/mol. The van der Waals surface area contributed by atoms with Crippen LogP contribution in [0.4, 0.5) is 11.4 Å². The number of rotatable bonds is 4. The van der Waals surface area contributed by atoms with Gasteiger partial charge in [0.25, 0.3) is 15.9 Å². The Hall–Kier alpha value is -2.54. The van der Waals surface area contributed by atoms with Crippen molar-refractivity contribution >= 4 is 27.3 Å². The first-order valence-electron chi connectivity index (χ1n) is 7.58. The molecular weight excluding hydrogens is 328 g/mol. The van der Waals surface area contributed by atoms with E-state index in [9.17, 15) is 13.2 Å². The van der Waals surface area contributed by atoms with Crippen LogP contribution in [-0.2, 0) is 14.8 Å². The van der Waals surface area contributed by atoms with Gasteiger partial charge in [0.05, 0.1) is 16.3 Å². The highest BCUT2D eigenvalue weighted by atomic mass is 32.2. The largest absolute Gasteiger partial charge is 0.482 e. The fourth-order valence-corrected chi connectivity index (χ4v) is 4.12. The quantitative estimate of drug-likeness (QED) is 0.923. The molecule has 7 heteroatoms. The molecule has 24 heavy (non-hydrogen) atoms. The summed E-state index contributed by atoms with van der Waals surface area (Å²) in [5.74, 6) is 0.162. The van der Waals surface area contributed by atoms with Gasteiger partial charge < -0.3 is 10.1 Å². The molecule has 0 spiro atoms. The third-order valence-electron chi connectivity index (χ3n) is 3.75. The van der Waals surface area contributed by atoms with Gasteiger partial charge in [-0.3, -0.25) is 9.10 Å². The van der Waals surface area contributed by atoms with Crippen molar-refractivity contribution in [1.82, 2.24) is 0 Å². The molecule has 2 aromatic carbocycles. The Kier molecular flexibility index (Phi) is 4.19. The van der Waals surface area contributed by atoms with E-state index in [-0.39, 0.29) is 17.4 Å². The maximum atomic E-state index is 13.0. The Labute approximate surface area is 141 Å². The number of sulfonamides is 1. The second kappa shape index (κ2) is 6.16. The van der Waals surface area contributed by atoms with Gasteiger partial charge in [-0.15, -0.1) is 0 Å². The predicted octanol–water partition coefficient (Wildman–Crippen LogP) is 2.54. The van der Waals surface area contributed by atoms with Crippen molar-refractivity contribution in [3.63, 3.8) is 0 Å². The van der Waals surface area contributed by atoms with Crippen LogP contribution < -0.4 is 14.4 Å². The maximum Gasteiger partial charge on any atom is 0.264 e. The normalized spacial score (nSPS) is 13.7. The number of fused-ring (bicyclic) bond motifs is 1. The SMILES string of the molecule is CCN(c1cccc(C)c1)S(=O)(=O)c1ccc2c(c1)NC(=O)CO2. The number of hydrogen-bond acceptors (Lipinski definition) is 4. The number of carbonyl (C=O) groups excluding carboxylic acids is 1. The average molecular weight is 346 g/mol. The number of amides is 1. The van der Waals surface area contributed by atoms with E-state index in [2.05, 4.69) is 5.32 Å². The van der Waals surface area contributed by atoms with E-state index < -0.39 is 10.0 Å². The van der Waals surface area contributed by atoms with Crippen LogP contribution >= 0.6 is 0 Å². The number of ether oxygens (including phenoxy) is 1. The van der Waals surface area contributed by atoms with Crippen molar-refractivity contribution in [2.45, 2.75) is 18.7 Å². The molecule has 0 fully saturated rings. The summed E-state index contributed by atoms with van der Waals surface area (Å²) >= 11 is 0. The summed E-state index contributed by atoms with van der Waals surface area (Å²) < 4.78 is 32.6. The van der Waals surface area contributed by atoms with Gasteiger partial charge >= 0.3 is 0 Å². The second-order valence-corrected chi connectivity index (χ2v) is 7.37. The molecular formula is C17H18N2O4S. The lowest BCUT2D eigenvalue weighted by atomic mass is 10.2. The number of hydrogen-bond donors (Lipinski definition) is 1. The van der Waals surface area contributed by atoms with Gasteiger partial charge in [-0.2, -0.15) is 0 Å². The van der Waals surface area contributed by atoms with Crippen molar-refractivity contribution in [2.75, 3.05) is 22.8 Å². The van der Waals surface area contributed by atoms with Crippen molar-refractivity contribution in [3.8, 4) is 5.75 Å². The van der Waals surface area contributed by atoms with Gasteiger partial charge in [0.15, 0.2) is 6.61 Å². The van der Waals surface area contributed by atoms with Crippen LogP contribution in [0.5, 0.6) is 5.75 Å². The molecule has 0 aromatic heterocycles. The standard InChI is InChI=1S/C17H18N2O4S/c1-3-19(13-6-4-5-12(2)9-13)24(21,22)14-7-8-16-15(10-14)18-17(20)11-23-16/h4-10H,3,11H2,1-2H3,(H,18,20). The highest BCUT2D eigenvalue weighted by Gasteiger charge is 2.26. The van der Waals surface area contributed by atoms with Crippen molar-refractivity contribution in [2.24, 2.45) is 0 Å². The maximum absolute atomic E-state index is 13.0. The average Bonchev–Trinajstić information content (AvgIpc) is 2.54. The summed E-state index contributed by atoms with van der Waals surface area (Å²) in [6, 6.07) is 11.8. The molecule has 1 aliphatic heterocycles. The Morgan fingerprint density at radius 2 is 2.00 bits per heavy atom. The summed E-state index contributed by atoms with van der Waals surface area (Å²) in [4.78, 5) is 11.5. The van der Waals surface area contributed by atoms with E-state index in [4.69, 9.17) is 4.74 Å². The first kappa shape index (κ1) is 16.3. The molecule has 0 aliphatic carbocycles. The summed E-state index contributed by atoms with van der Waals surface area (Å²) in [5, 5.41) is 2.63. The van der Waals surface area contributed by atoms with Crippen LogP contribution in [0.3, 0.4) is 0 Å². The van der Waals surface area contributed by atoms with E-state index >= 15 is 0 Å². The molecule has 1 aliphatic rings. The minimum Gasteiger partial charge on any atom is -0.482 e. The van der Waals surface area contributed by atoms with Crippen LogP contribution in [0.1, 0.15) is 12.5 Å². The van der Waals surface area contributed by atoms with Crippen LogP contribution in [0.15, 0.2) is 47.4 Å². The molecule has 0 bridgehead atoms. The minimum absolute atomic E-state index is 0.0660. The summed E-state index contributed by atoms with van der Waals surface area (Å²) in [5.41, 5.74) is 1.95.